The maximum absolute atomic E-state index is 12.0. The molecule has 0 aromatic carbocycles. The number of anilines is 2. The van der Waals surface area contributed by atoms with E-state index >= 15 is 0 Å². The average Bonchev–Trinajstić information content (AvgIpc) is 3.13. The second-order valence-electron chi connectivity index (χ2n) is 5.24. The molecule has 0 aliphatic heterocycles. The maximum atomic E-state index is 12.0. The van der Waals surface area contributed by atoms with E-state index in [1.807, 2.05) is 24.1 Å². The van der Waals surface area contributed by atoms with Gasteiger partial charge in [-0.2, -0.15) is 15.6 Å². The van der Waals surface area contributed by atoms with Crippen molar-refractivity contribution in [2.75, 3.05) is 31.2 Å². The van der Waals surface area contributed by atoms with Gasteiger partial charge in [-0.15, -0.1) is 11.3 Å². The molecule has 0 bridgehead atoms. The molecular formula is C15H17N7OS. The smallest absolute Gasteiger partial charge is 0.239 e. The third kappa shape index (κ3) is 4.32. The Morgan fingerprint density at radius 3 is 3.00 bits per heavy atom. The molecule has 0 saturated heterocycles. The van der Waals surface area contributed by atoms with Crippen LogP contribution in [-0.4, -0.2) is 41.1 Å². The van der Waals surface area contributed by atoms with Gasteiger partial charge in [-0.05, 0) is 37.9 Å². The van der Waals surface area contributed by atoms with Crippen LogP contribution in [0.1, 0.15) is 23.2 Å². The van der Waals surface area contributed by atoms with E-state index in [4.69, 9.17) is 16.3 Å². The Morgan fingerprint density at radius 1 is 1.50 bits per heavy atom. The average molecular weight is 343 g/mol. The van der Waals surface area contributed by atoms with Gasteiger partial charge in [0.1, 0.15) is 22.7 Å². The van der Waals surface area contributed by atoms with Crippen molar-refractivity contribution in [2.45, 2.75) is 12.8 Å². The third-order valence-electron chi connectivity index (χ3n) is 3.40. The van der Waals surface area contributed by atoms with Crippen molar-refractivity contribution < 1.29 is 4.79 Å². The van der Waals surface area contributed by atoms with Crippen molar-refractivity contribution in [3.05, 3.63) is 28.3 Å². The molecule has 0 fully saturated rings. The highest BCUT2D eigenvalue weighted by molar-refractivity contribution is 7.14. The lowest BCUT2D eigenvalue weighted by Gasteiger charge is -2.15. The topological polar surface area (TPSA) is 135 Å². The van der Waals surface area contributed by atoms with Crippen molar-refractivity contribution in [2.24, 2.45) is 0 Å². The first-order chi connectivity index (χ1) is 11.5. The molecule has 2 aromatic heterocycles. The van der Waals surface area contributed by atoms with Gasteiger partial charge in [0.05, 0.1) is 17.8 Å². The summed E-state index contributed by atoms with van der Waals surface area (Å²) in [5, 5.41) is 29.6. The summed E-state index contributed by atoms with van der Waals surface area (Å²) in [4.78, 5) is 13.9. The number of aryl methyl sites for hydroxylation is 1. The zero-order valence-electron chi connectivity index (χ0n) is 13.2. The van der Waals surface area contributed by atoms with Crippen LogP contribution in [0.5, 0.6) is 0 Å². The maximum Gasteiger partial charge on any atom is 0.239 e. The minimum absolute atomic E-state index is 0.167. The summed E-state index contributed by atoms with van der Waals surface area (Å²) in [7, 11) is 1.84. The summed E-state index contributed by atoms with van der Waals surface area (Å²) in [6.45, 7) is 0.895. The van der Waals surface area contributed by atoms with Crippen LogP contribution in [0, 0.1) is 22.7 Å². The Labute approximate surface area is 143 Å². The predicted octanol–water partition coefficient (Wildman–Crippen LogP) is 1.30. The molecule has 2 heterocycles. The van der Waals surface area contributed by atoms with Crippen LogP contribution < -0.4 is 11.1 Å². The lowest BCUT2D eigenvalue weighted by molar-refractivity contribution is -0.117. The fourth-order valence-corrected chi connectivity index (χ4v) is 2.96. The van der Waals surface area contributed by atoms with Gasteiger partial charge in [0.25, 0.3) is 0 Å². The molecule has 8 nitrogen and oxygen atoms in total. The summed E-state index contributed by atoms with van der Waals surface area (Å²) in [6.07, 6.45) is 1.38. The number of likely N-dealkylation sites (N-methyl/N-ethyl adjacent to an activating group) is 1. The number of rotatable bonds is 7. The van der Waals surface area contributed by atoms with Crippen LogP contribution in [0.2, 0.25) is 0 Å². The largest absolute Gasteiger partial charge is 0.381 e. The molecular weight excluding hydrogens is 326 g/mol. The predicted molar refractivity (Wildman–Crippen MR) is 91.2 cm³/mol. The Balaban J connectivity index is 1.77. The minimum atomic E-state index is -0.167. The number of carbonyl (C=O) groups is 1. The van der Waals surface area contributed by atoms with Crippen molar-refractivity contribution in [1.82, 2.24) is 15.1 Å². The molecule has 0 aliphatic carbocycles. The molecule has 0 atom stereocenters. The summed E-state index contributed by atoms with van der Waals surface area (Å²) in [5.41, 5.74) is 7.16. The second-order valence-corrected chi connectivity index (χ2v) is 6.16. The van der Waals surface area contributed by atoms with E-state index in [9.17, 15) is 4.79 Å². The summed E-state index contributed by atoms with van der Waals surface area (Å²) < 4.78 is 0. The number of hydrogen-bond acceptors (Lipinski definition) is 7. The van der Waals surface area contributed by atoms with E-state index in [1.54, 1.807) is 11.4 Å². The van der Waals surface area contributed by atoms with Gasteiger partial charge in [0.15, 0.2) is 5.82 Å². The van der Waals surface area contributed by atoms with Crippen LogP contribution in [0.25, 0.3) is 0 Å². The zero-order chi connectivity index (χ0) is 17.5. The third-order valence-corrected chi connectivity index (χ3v) is 4.23. The molecule has 4 N–H and O–H groups in total. The Hall–Kier alpha value is -2.88. The first kappa shape index (κ1) is 17.5. The van der Waals surface area contributed by atoms with Gasteiger partial charge in [0.2, 0.25) is 5.91 Å². The number of nitrogen functional groups attached to an aromatic ring is 1. The molecule has 24 heavy (non-hydrogen) atoms. The number of nitriles is 2. The molecule has 0 unspecified atom stereocenters. The molecule has 124 valence electrons. The monoisotopic (exact) mass is 343 g/mol. The molecule has 0 saturated carbocycles. The van der Waals surface area contributed by atoms with Gasteiger partial charge in [-0.25, -0.2) is 0 Å². The Kier molecular flexibility index (Phi) is 5.90. The van der Waals surface area contributed by atoms with Crippen LogP contribution in [0.3, 0.4) is 0 Å². The van der Waals surface area contributed by atoms with E-state index < -0.39 is 0 Å². The molecule has 2 aromatic rings. The van der Waals surface area contributed by atoms with Crippen LogP contribution in [0.4, 0.5) is 10.8 Å². The van der Waals surface area contributed by atoms with E-state index in [-0.39, 0.29) is 18.3 Å². The van der Waals surface area contributed by atoms with E-state index in [2.05, 4.69) is 15.5 Å². The van der Waals surface area contributed by atoms with E-state index in [0.717, 1.165) is 6.42 Å². The van der Waals surface area contributed by atoms with Gasteiger partial charge >= 0.3 is 0 Å². The van der Waals surface area contributed by atoms with Crippen LogP contribution in [0.15, 0.2) is 11.4 Å². The summed E-state index contributed by atoms with van der Waals surface area (Å²) in [5.74, 6) is 0.0458. The molecule has 0 radical (unpaired) electrons. The van der Waals surface area contributed by atoms with Crippen molar-refractivity contribution in [1.29, 1.82) is 10.5 Å². The van der Waals surface area contributed by atoms with E-state index in [0.29, 0.717) is 34.8 Å². The van der Waals surface area contributed by atoms with E-state index in [1.165, 1.54) is 11.3 Å². The van der Waals surface area contributed by atoms with Gasteiger partial charge in [0, 0.05) is 0 Å². The standard InChI is InChI=1S/C15H17N7OS/c1-22(5-2-3-12-11(8-17)14(18)21-20-12)9-13(23)19-15-10(7-16)4-6-24-15/h4,6H,2-3,5,9H2,1H3,(H,19,23)(H3,18,20,21). The number of carbonyl (C=O) groups excluding carboxylic acids is 1. The molecule has 1 amide bonds. The zero-order valence-corrected chi connectivity index (χ0v) is 14.0. The minimum Gasteiger partial charge on any atom is -0.381 e. The number of nitrogens with one attached hydrogen (secondary N) is 2. The Bertz CT molecular complexity index is 796. The first-order valence-electron chi connectivity index (χ1n) is 7.24. The molecule has 2 rings (SSSR count). The fraction of sp³-hybridized carbons (Fsp3) is 0.333. The number of aromatic amines is 1. The van der Waals surface area contributed by atoms with Crippen LogP contribution in [-0.2, 0) is 11.2 Å². The molecule has 0 spiro atoms. The number of thiophene rings is 1. The Morgan fingerprint density at radius 2 is 2.29 bits per heavy atom. The van der Waals surface area contributed by atoms with Gasteiger partial charge in [-0.3, -0.25) is 14.8 Å². The molecule has 9 heteroatoms. The van der Waals surface area contributed by atoms with Crippen molar-refractivity contribution >= 4 is 28.1 Å². The normalized spacial score (nSPS) is 10.3. The van der Waals surface area contributed by atoms with Crippen molar-refractivity contribution in [3.8, 4) is 12.1 Å². The highest BCUT2D eigenvalue weighted by Gasteiger charge is 2.12. The summed E-state index contributed by atoms with van der Waals surface area (Å²) in [6, 6.07) is 5.74. The first-order valence-corrected chi connectivity index (χ1v) is 8.12. The number of H-pyrrole nitrogens is 1. The van der Waals surface area contributed by atoms with Gasteiger partial charge in [-0.1, -0.05) is 0 Å². The van der Waals surface area contributed by atoms with Crippen molar-refractivity contribution in [3.63, 3.8) is 0 Å². The molecule has 0 aliphatic rings. The number of nitrogens with zero attached hydrogens (tertiary/aromatic N) is 4. The second kappa shape index (κ2) is 8.11. The number of amides is 1. The SMILES string of the molecule is CN(CCCc1[nH]nc(N)c1C#N)CC(=O)Nc1sccc1C#N. The number of hydrogen-bond donors (Lipinski definition) is 3. The van der Waals surface area contributed by atoms with Crippen LogP contribution >= 0.6 is 11.3 Å². The fourth-order valence-electron chi connectivity index (χ4n) is 2.21. The lowest BCUT2D eigenvalue weighted by Crippen LogP contribution is -2.31. The highest BCUT2D eigenvalue weighted by atomic mass is 32.1. The van der Waals surface area contributed by atoms with Gasteiger partial charge < -0.3 is 11.1 Å². The quantitative estimate of drug-likeness (QED) is 0.693. The number of nitrogens with two attached hydrogens (primary N) is 1. The summed E-state index contributed by atoms with van der Waals surface area (Å²) >= 11 is 1.32. The highest BCUT2D eigenvalue weighted by Crippen LogP contribution is 2.21. The lowest BCUT2D eigenvalue weighted by atomic mass is 10.1. The number of aromatic nitrogens is 2.